The van der Waals surface area contributed by atoms with Gasteiger partial charge in [-0.15, -0.1) is 5.10 Å². The van der Waals surface area contributed by atoms with E-state index < -0.39 is 6.10 Å². The molecule has 0 saturated carbocycles. The second kappa shape index (κ2) is 6.99. The number of aromatic nitrogens is 3. The summed E-state index contributed by atoms with van der Waals surface area (Å²) in [4.78, 5) is 15.9. The molecule has 2 N–H and O–H groups in total. The van der Waals surface area contributed by atoms with E-state index in [9.17, 15) is 9.90 Å². The van der Waals surface area contributed by atoms with Crippen LogP contribution in [0.1, 0.15) is 30.9 Å². The Kier molecular flexibility index (Phi) is 5.05. The number of rotatable bonds is 6. The van der Waals surface area contributed by atoms with Crippen LogP contribution in [0.4, 0.5) is 0 Å². The zero-order valence-corrected chi connectivity index (χ0v) is 12.2. The van der Waals surface area contributed by atoms with Crippen molar-refractivity contribution < 1.29 is 9.90 Å². The van der Waals surface area contributed by atoms with Gasteiger partial charge in [-0.2, -0.15) is 0 Å². The number of benzene rings is 1. The molecule has 2 rings (SSSR count). The van der Waals surface area contributed by atoms with E-state index in [4.69, 9.17) is 0 Å². The summed E-state index contributed by atoms with van der Waals surface area (Å²) in [5.41, 5.74) is 0.837. The lowest BCUT2D eigenvalue weighted by molar-refractivity contribution is 0.0841. The topological polar surface area (TPSA) is 80.0 Å². The molecule has 0 aliphatic rings. The van der Waals surface area contributed by atoms with Crippen molar-refractivity contribution >= 4 is 5.91 Å². The van der Waals surface area contributed by atoms with Crippen LogP contribution >= 0.6 is 0 Å². The molecule has 0 saturated heterocycles. The number of amides is 1. The first-order valence-electron chi connectivity index (χ1n) is 7.05. The van der Waals surface area contributed by atoms with E-state index in [1.165, 1.54) is 6.33 Å². The summed E-state index contributed by atoms with van der Waals surface area (Å²) in [6.07, 6.45) is 1.79. The standard InChI is InChI=1S/C15H20N4O2/c1-3-11(2)13(20)9-16-15(21)14-17-10-19(18-14)12-7-5-4-6-8-12/h4-8,10-11,13,20H,3,9H2,1-2H3,(H,16,21). The molecule has 0 radical (unpaired) electrons. The molecular weight excluding hydrogens is 268 g/mol. The summed E-state index contributed by atoms with van der Waals surface area (Å²) in [6.45, 7) is 4.14. The summed E-state index contributed by atoms with van der Waals surface area (Å²) in [5.74, 6) is -0.151. The van der Waals surface area contributed by atoms with Gasteiger partial charge >= 0.3 is 0 Å². The molecule has 1 amide bonds. The van der Waals surface area contributed by atoms with Crippen LogP contribution in [0.2, 0.25) is 0 Å². The molecule has 0 fully saturated rings. The molecule has 1 aromatic carbocycles. The molecule has 2 unspecified atom stereocenters. The highest BCUT2D eigenvalue weighted by Crippen LogP contribution is 2.07. The van der Waals surface area contributed by atoms with Crippen LogP contribution < -0.4 is 5.32 Å². The summed E-state index contributed by atoms with van der Waals surface area (Å²) in [6, 6.07) is 9.44. The third-order valence-electron chi connectivity index (χ3n) is 3.49. The van der Waals surface area contributed by atoms with Crippen molar-refractivity contribution in [2.24, 2.45) is 5.92 Å². The minimum atomic E-state index is -0.560. The molecule has 0 aliphatic heterocycles. The van der Waals surface area contributed by atoms with E-state index >= 15 is 0 Å². The number of nitrogens with zero attached hydrogens (tertiary/aromatic N) is 3. The van der Waals surface area contributed by atoms with Crippen molar-refractivity contribution in [2.45, 2.75) is 26.4 Å². The Hall–Kier alpha value is -2.21. The van der Waals surface area contributed by atoms with Gasteiger partial charge in [0, 0.05) is 6.54 Å². The van der Waals surface area contributed by atoms with E-state index in [0.717, 1.165) is 12.1 Å². The molecule has 2 atom stereocenters. The second-order valence-corrected chi connectivity index (χ2v) is 5.01. The maximum atomic E-state index is 11.9. The predicted octanol–water partition coefficient (Wildman–Crippen LogP) is 1.40. The molecule has 2 aromatic rings. The Morgan fingerprint density at radius 3 is 2.76 bits per heavy atom. The van der Waals surface area contributed by atoms with Crippen molar-refractivity contribution in [1.82, 2.24) is 20.1 Å². The van der Waals surface area contributed by atoms with Gasteiger partial charge in [-0.3, -0.25) is 4.79 Å². The SMILES string of the molecule is CCC(C)C(O)CNC(=O)c1ncn(-c2ccccc2)n1. The van der Waals surface area contributed by atoms with Gasteiger partial charge < -0.3 is 10.4 Å². The highest BCUT2D eigenvalue weighted by atomic mass is 16.3. The fourth-order valence-electron chi connectivity index (χ4n) is 1.82. The molecule has 0 spiro atoms. The molecule has 6 heteroatoms. The van der Waals surface area contributed by atoms with E-state index in [1.54, 1.807) is 4.68 Å². The van der Waals surface area contributed by atoms with Crippen LogP contribution in [0.3, 0.4) is 0 Å². The lowest BCUT2D eigenvalue weighted by Gasteiger charge is -2.16. The molecular formula is C15H20N4O2. The van der Waals surface area contributed by atoms with Crippen molar-refractivity contribution in [1.29, 1.82) is 0 Å². The van der Waals surface area contributed by atoms with E-state index in [1.807, 2.05) is 44.2 Å². The third-order valence-corrected chi connectivity index (χ3v) is 3.49. The number of aliphatic hydroxyl groups is 1. The second-order valence-electron chi connectivity index (χ2n) is 5.01. The predicted molar refractivity (Wildman–Crippen MR) is 79.2 cm³/mol. The number of hydrogen-bond donors (Lipinski definition) is 2. The Morgan fingerprint density at radius 2 is 2.10 bits per heavy atom. The molecule has 0 bridgehead atoms. The molecule has 1 heterocycles. The number of carbonyl (C=O) groups excluding carboxylic acids is 1. The van der Waals surface area contributed by atoms with Crippen LogP contribution in [-0.4, -0.2) is 38.4 Å². The van der Waals surface area contributed by atoms with Gasteiger partial charge in [0.1, 0.15) is 6.33 Å². The van der Waals surface area contributed by atoms with Gasteiger partial charge in [0.05, 0.1) is 11.8 Å². The Bertz CT molecular complexity index is 582. The third kappa shape index (κ3) is 3.88. The van der Waals surface area contributed by atoms with Crippen molar-refractivity contribution in [3.8, 4) is 5.69 Å². The van der Waals surface area contributed by atoms with Gasteiger partial charge in [-0.05, 0) is 18.1 Å². The summed E-state index contributed by atoms with van der Waals surface area (Å²) < 4.78 is 1.54. The molecule has 112 valence electrons. The largest absolute Gasteiger partial charge is 0.391 e. The molecule has 1 aromatic heterocycles. The van der Waals surface area contributed by atoms with Crippen LogP contribution in [-0.2, 0) is 0 Å². The van der Waals surface area contributed by atoms with E-state index in [2.05, 4.69) is 15.4 Å². The van der Waals surface area contributed by atoms with Crippen molar-refractivity contribution in [3.63, 3.8) is 0 Å². The zero-order chi connectivity index (χ0) is 15.2. The van der Waals surface area contributed by atoms with Crippen molar-refractivity contribution in [3.05, 3.63) is 42.5 Å². The first kappa shape index (κ1) is 15.2. The molecule has 21 heavy (non-hydrogen) atoms. The minimum absolute atomic E-state index is 0.0928. The van der Waals surface area contributed by atoms with Crippen molar-refractivity contribution in [2.75, 3.05) is 6.54 Å². The van der Waals surface area contributed by atoms with Crippen LogP contribution in [0.5, 0.6) is 0 Å². The van der Waals surface area contributed by atoms with Crippen LogP contribution in [0.15, 0.2) is 36.7 Å². The Labute approximate surface area is 123 Å². The Morgan fingerprint density at radius 1 is 1.38 bits per heavy atom. The fraction of sp³-hybridized carbons (Fsp3) is 0.400. The maximum Gasteiger partial charge on any atom is 0.291 e. The monoisotopic (exact) mass is 288 g/mol. The van der Waals surface area contributed by atoms with E-state index in [-0.39, 0.29) is 24.2 Å². The van der Waals surface area contributed by atoms with Gasteiger partial charge in [0.25, 0.3) is 5.91 Å². The smallest absolute Gasteiger partial charge is 0.291 e. The Balaban J connectivity index is 1.97. The molecule has 6 nitrogen and oxygen atoms in total. The summed E-state index contributed by atoms with van der Waals surface area (Å²) >= 11 is 0. The van der Waals surface area contributed by atoms with E-state index in [0.29, 0.717) is 0 Å². The highest BCUT2D eigenvalue weighted by Gasteiger charge is 2.16. The van der Waals surface area contributed by atoms with Gasteiger partial charge in [0.2, 0.25) is 5.82 Å². The number of nitrogens with one attached hydrogen (secondary N) is 1. The normalized spacial score (nSPS) is 13.7. The number of para-hydroxylation sites is 1. The number of hydrogen-bond acceptors (Lipinski definition) is 4. The highest BCUT2D eigenvalue weighted by molar-refractivity contribution is 5.90. The maximum absolute atomic E-state index is 11.9. The first-order chi connectivity index (χ1) is 10.1. The zero-order valence-electron chi connectivity index (χ0n) is 12.2. The minimum Gasteiger partial charge on any atom is -0.391 e. The van der Waals surface area contributed by atoms with Gasteiger partial charge in [0.15, 0.2) is 0 Å². The van der Waals surface area contributed by atoms with Crippen LogP contribution in [0.25, 0.3) is 5.69 Å². The van der Waals surface area contributed by atoms with Gasteiger partial charge in [-0.1, -0.05) is 38.5 Å². The number of carbonyl (C=O) groups is 1. The lowest BCUT2D eigenvalue weighted by Crippen LogP contribution is -2.35. The van der Waals surface area contributed by atoms with Crippen LogP contribution in [0, 0.1) is 5.92 Å². The molecule has 0 aliphatic carbocycles. The average Bonchev–Trinajstić information content (AvgIpc) is 3.02. The quantitative estimate of drug-likeness (QED) is 0.842. The summed E-state index contributed by atoms with van der Waals surface area (Å²) in [7, 11) is 0. The number of aliphatic hydroxyl groups excluding tert-OH is 1. The first-order valence-corrected chi connectivity index (χ1v) is 7.05. The fourth-order valence-corrected chi connectivity index (χ4v) is 1.82. The average molecular weight is 288 g/mol. The lowest BCUT2D eigenvalue weighted by atomic mass is 10.0. The summed E-state index contributed by atoms with van der Waals surface area (Å²) in [5, 5.41) is 16.6. The van der Waals surface area contributed by atoms with Gasteiger partial charge in [-0.25, -0.2) is 9.67 Å².